The molecule has 1 N–H and O–H groups in total. The minimum Gasteiger partial charge on any atom is -0.395 e. The van der Waals surface area contributed by atoms with Gasteiger partial charge in [-0.15, -0.1) is 0 Å². The van der Waals surface area contributed by atoms with Gasteiger partial charge in [-0.05, 0) is 24.0 Å². The quantitative estimate of drug-likeness (QED) is 0.783. The van der Waals surface area contributed by atoms with Crippen LogP contribution in [0.2, 0.25) is 0 Å². The van der Waals surface area contributed by atoms with Crippen molar-refractivity contribution < 1.29 is 5.11 Å². The van der Waals surface area contributed by atoms with E-state index < -0.39 is 0 Å². The smallest absolute Gasteiger partial charge is 0.0522 e. The second-order valence-corrected chi connectivity index (χ2v) is 4.84. The molecular weight excluding hydrogens is 184 g/mol. The average molecular weight is 206 g/mol. The zero-order chi connectivity index (χ0) is 11.3. The fourth-order valence-corrected chi connectivity index (χ4v) is 1.59. The van der Waals surface area contributed by atoms with Crippen molar-refractivity contribution in [3.8, 4) is 0 Å². The minimum atomic E-state index is -0.122. The Morgan fingerprint density at radius 2 is 1.73 bits per heavy atom. The van der Waals surface area contributed by atoms with Gasteiger partial charge in [0.15, 0.2) is 0 Å². The molecule has 0 amide bonds. The number of aliphatic hydroxyl groups is 1. The van der Waals surface area contributed by atoms with E-state index in [0.29, 0.717) is 0 Å². The van der Waals surface area contributed by atoms with Gasteiger partial charge in [-0.3, -0.25) is 0 Å². The molecule has 1 aromatic rings. The van der Waals surface area contributed by atoms with Gasteiger partial charge < -0.3 is 5.11 Å². The van der Waals surface area contributed by atoms with Gasteiger partial charge in [0.05, 0.1) is 6.61 Å². The zero-order valence-electron chi connectivity index (χ0n) is 10.1. The summed E-state index contributed by atoms with van der Waals surface area (Å²) < 4.78 is 0. The Kier molecular flexibility index (Phi) is 4.34. The topological polar surface area (TPSA) is 20.2 Å². The lowest BCUT2D eigenvalue weighted by molar-refractivity contribution is 0.218. The van der Waals surface area contributed by atoms with Crippen LogP contribution in [0.3, 0.4) is 0 Å². The highest BCUT2D eigenvalue weighted by molar-refractivity contribution is 5.28. The van der Waals surface area contributed by atoms with Crippen LogP contribution in [0.25, 0.3) is 0 Å². The third kappa shape index (κ3) is 3.35. The molecule has 1 rings (SSSR count). The molecule has 0 atom stereocenters. The highest BCUT2D eigenvalue weighted by Crippen LogP contribution is 2.22. The number of unbranched alkanes of at least 4 members (excludes halogenated alkanes) is 1. The van der Waals surface area contributed by atoms with E-state index in [1.807, 2.05) is 0 Å². The molecule has 1 heteroatoms. The second kappa shape index (κ2) is 5.32. The molecule has 0 aliphatic rings. The lowest BCUT2D eigenvalue weighted by Gasteiger charge is -2.22. The van der Waals surface area contributed by atoms with E-state index in [-0.39, 0.29) is 12.0 Å². The predicted octanol–water partition coefficient (Wildman–Crippen LogP) is 3.30. The molecule has 0 saturated carbocycles. The Bertz CT molecular complexity index is 285. The summed E-state index contributed by atoms with van der Waals surface area (Å²) in [5, 5.41) is 9.26. The van der Waals surface area contributed by atoms with Crippen molar-refractivity contribution >= 4 is 0 Å². The van der Waals surface area contributed by atoms with Crippen LogP contribution in [0, 0.1) is 0 Å². The number of hydrogen-bond donors (Lipinski definition) is 1. The van der Waals surface area contributed by atoms with Crippen LogP contribution in [0.5, 0.6) is 0 Å². The van der Waals surface area contributed by atoms with Crippen molar-refractivity contribution in [2.75, 3.05) is 6.61 Å². The van der Waals surface area contributed by atoms with Gasteiger partial charge in [0, 0.05) is 5.41 Å². The summed E-state index contributed by atoms with van der Waals surface area (Å²) in [4.78, 5) is 0. The SMILES string of the molecule is CCCCc1ccc(C(C)(C)CO)cc1. The number of aryl methyl sites for hydroxylation is 1. The summed E-state index contributed by atoms with van der Waals surface area (Å²) in [7, 11) is 0. The highest BCUT2D eigenvalue weighted by Gasteiger charge is 2.18. The zero-order valence-corrected chi connectivity index (χ0v) is 10.1. The van der Waals surface area contributed by atoms with Gasteiger partial charge in [-0.1, -0.05) is 51.5 Å². The Morgan fingerprint density at radius 3 is 2.20 bits per heavy atom. The maximum Gasteiger partial charge on any atom is 0.0522 e. The fraction of sp³-hybridized carbons (Fsp3) is 0.571. The van der Waals surface area contributed by atoms with E-state index in [9.17, 15) is 5.11 Å². The van der Waals surface area contributed by atoms with Crippen molar-refractivity contribution in [2.24, 2.45) is 0 Å². The van der Waals surface area contributed by atoms with Crippen molar-refractivity contribution in [1.82, 2.24) is 0 Å². The highest BCUT2D eigenvalue weighted by atomic mass is 16.3. The largest absolute Gasteiger partial charge is 0.395 e. The molecule has 0 aromatic heterocycles. The predicted molar refractivity (Wildman–Crippen MR) is 65.2 cm³/mol. The van der Waals surface area contributed by atoms with Crippen molar-refractivity contribution in [2.45, 2.75) is 45.4 Å². The molecule has 0 spiro atoms. The van der Waals surface area contributed by atoms with Crippen LogP contribution in [0.4, 0.5) is 0 Å². The second-order valence-electron chi connectivity index (χ2n) is 4.84. The van der Waals surface area contributed by atoms with Crippen LogP contribution < -0.4 is 0 Å². The number of rotatable bonds is 5. The molecule has 0 radical (unpaired) electrons. The summed E-state index contributed by atoms with van der Waals surface area (Å²) in [5.41, 5.74) is 2.49. The Morgan fingerprint density at radius 1 is 1.13 bits per heavy atom. The van der Waals surface area contributed by atoms with E-state index in [1.54, 1.807) is 0 Å². The number of aliphatic hydroxyl groups excluding tert-OH is 1. The Balaban J connectivity index is 2.72. The summed E-state index contributed by atoms with van der Waals surface area (Å²) in [5.74, 6) is 0. The van der Waals surface area contributed by atoms with Crippen LogP contribution >= 0.6 is 0 Å². The van der Waals surface area contributed by atoms with E-state index in [0.717, 1.165) is 6.42 Å². The third-order valence-electron chi connectivity index (χ3n) is 2.95. The molecule has 0 saturated heterocycles. The maximum absolute atomic E-state index is 9.26. The number of benzene rings is 1. The first kappa shape index (κ1) is 12.3. The first-order chi connectivity index (χ1) is 7.10. The van der Waals surface area contributed by atoms with Gasteiger partial charge in [0.1, 0.15) is 0 Å². The van der Waals surface area contributed by atoms with E-state index >= 15 is 0 Å². The summed E-state index contributed by atoms with van der Waals surface area (Å²) in [6.07, 6.45) is 3.66. The summed E-state index contributed by atoms with van der Waals surface area (Å²) in [6, 6.07) is 8.65. The van der Waals surface area contributed by atoms with Crippen LogP contribution in [-0.2, 0) is 11.8 Å². The first-order valence-corrected chi connectivity index (χ1v) is 5.80. The van der Waals surface area contributed by atoms with E-state index in [2.05, 4.69) is 45.0 Å². The summed E-state index contributed by atoms with van der Waals surface area (Å²) >= 11 is 0. The van der Waals surface area contributed by atoms with Gasteiger partial charge in [0.2, 0.25) is 0 Å². The molecule has 1 aromatic carbocycles. The normalized spacial score (nSPS) is 11.7. The fourth-order valence-electron chi connectivity index (χ4n) is 1.59. The monoisotopic (exact) mass is 206 g/mol. The molecule has 84 valence electrons. The van der Waals surface area contributed by atoms with Crippen molar-refractivity contribution in [3.63, 3.8) is 0 Å². The van der Waals surface area contributed by atoms with Crippen LogP contribution in [0.15, 0.2) is 24.3 Å². The van der Waals surface area contributed by atoms with E-state index in [1.165, 1.54) is 24.0 Å². The van der Waals surface area contributed by atoms with Gasteiger partial charge >= 0.3 is 0 Å². The molecule has 0 aliphatic heterocycles. The lowest BCUT2D eigenvalue weighted by atomic mass is 9.85. The van der Waals surface area contributed by atoms with Gasteiger partial charge in [-0.2, -0.15) is 0 Å². The molecular formula is C14H22O. The standard InChI is InChI=1S/C14H22O/c1-4-5-6-12-7-9-13(10-8-12)14(2,3)11-15/h7-10,15H,4-6,11H2,1-3H3. The molecule has 0 bridgehead atoms. The lowest BCUT2D eigenvalue weighted by Crippen LogP contribution is -2.21. The average Bonchev–Trinajstić information content (AvgIpc) is 2.27. The molecule has 0 heterocycles. The van der Waals surface area contributed by atoms with Crippen molar-refractivity contribution in [3.05, 3.63) is 35.4 Å². The van der Waals surface area contributed by atoms with Crippen LogP contribution in [0.1, 0.15) is 44.7 Å². The third-order valence-corrected chi connectivity index (χ3v) is 2.95. The molecule has 0 unspecified atom stereocenters. The Labute approximate surface area is 93.1 Å². The number of hydrogen-bond acceptors (Lipinski definition) is 1. The maximum atomic E-state index is 9.26. The molecule has 15 heavy (non-hydrogen) atoms. The molecule has 0 fully saturated rings. The minimum absolute atomic E-state index is 0.122. The summed E-state index contributed by atoms with van der Waals surface area (Å²) in [6.45, 7) is 6.53. The first-order valence-electron chi connectivity index (χ1n) is 5.80. The van der Waals surface area contributed by atoms with Gasteiger partial charge in [0.25, 0.3) is 0 Å². The van der Waals surface area contributed by atoms with E-state index in [4.69, 9.17) is 0 Å². The van der Waals surface area contributed by atoms with Crippen LogP contribution in [-0.4, -0.2) is 11.7 Å². The molecule has 1 nitrogen and oxygen atoms in total. The van der Waals surface area contributed by atoms with Crippen molar-refractivity contribution in [1.29, 1.82) is 0 Å². The van der Waals surface area contributed by atoms with Gasteiger partial charge in [-0.25, -0.2) is 0 Å². The Hall–Kier alpha value is -0.820. The molecule has 0 aliphatic carbocycles.